The lowest BCUT2D eigenvalue weighted by atomic mass is 10.1. The van der Waals surface area contributed by atoms with E-state index in [1.807, 2.05) is 18.2 Å². The fourth-order valence-electron chi connectivity index (χ4n) is 3.87. The van der Waals surface area contributed by atoms with Crippen molar-refractivity contribution >= 4 is 33.4 Å². The van der Waals surface area contributed by atoms with E-state index in [1.165, 1.54) is 16.4 Å². The van der Waals surface area contributed by atoms with Crippen LogP contribution in [0, 0.1) is 0 Å². The molecule has 3 aromatic rings. The van der Waals surface area contributed by atoms with Crippen molar-refractivity contribution in [2.45, 2.75) is 33.4 Å². The van der Waals surface area contributed by atoms with E-state index in [1.54, 1.807) is 0 Å². The summed E-state index contributed by atoms with van der Waals surface area (Å²) in [5.74, 6) is -0.112. The van der Waals surface area contributed by atoms with E-state index in [0.717, 1.165) is 30.7 Å². The summed E-state index contributed by atoms with van der Waals surface area (Å²) in [6.45, 7) is 10.2. The second-order valence-electron chi connectivity index (χ2n) is 7.31. The number of nitrogens with zero attached hydrogens (tertiary/aromatic N) is 2. The zero-order chi connectivity index (χ0) is 20.8. The van der Waals surface area contributed by atoms with Crippen molar-refractivity contribution in [2.75, 3.05) is 38.0 Å². The Kier molecular flexibility index (Phi) is 7.25. The van der Waals surface area contributed by atoms with Gasteiger partial charge in [0.05, 0.1) is 12.6 Å². The van der Waals surface area contributed by atoms with E-state index in [9.17, 15) is 9.90 Å². The van der Waals surface area contributed by atoms with Gasteiger partial charge in [0.2, 0.25) is 5.91 Å². The number of carbonyl (C=O) groups excluding carboxylic acids is 1. The Morgan fingerprint density at radius 3 is 2.52 bits per heavy atom. The number of hydrogen-bond donors (Lipinski definition) is 3. The Bertz CT molecular complexity index is 962. The number of aromatic nitrogens is 1. The second-order valence-corrected chi connectivity index (χ2v) is 7.31. The SMILES string of the molecule is CCN(CC)C[C@@H](O)CNCC(=O)Nc1ccc2c(c1)c1ccccc1n2CC. The van der Waals surface area contributed by atoms with Gasteiger partial charge in [-0.1, -0.05) is 32.0 Å². The number of anilines is 1. The van der Waals surface area contributed by atoms with Gasteiger partial charge in [0.1, 0.15) is 0 Å². The van der Waals surface area contributed by atoms with Crippen molar-refractivity contribution in [3.05, 3.63) is 42.5 Å². The molecule has 29 heavy (non-hydrogen) atoms. The monoisotopic (exact) mass is 396 g/mol. The Morgan fingerprint density at radius 2 is 1.79 bits per heavy atom. The number of benzene rings is 2. The van der Waals surface area contributed by atoms with Crippen molar-refractivity contribution in [3.8, 4) is 0 Å². The van der Waals surface area contributed by atoms with E-state index < -0.39 is 6.10 Å². The maximum atomic E-state index is 12.3. The maximum Gasteiger partial charge on any atom is 0.238 e. The molecule has 6 nitrogen and oxygen atoms in total. The predicted octanol–water partition coefficient (Wildman–Crippen LogP) is 3.05. The number of hydrogen-bond acceptors (Lipinski definition) is 4. The molecule has 1 aromatic heterocycles. The average molecular weight is 397 g/mol. The molecule has 0 radical (unpaired) electrons. The van der Waals surface area contributed by atoms with Gasteiger partial charge in [-0.25, -0.2) is 0 Å². The maximum absolute atomic E-state index is 12.3. The summed E-state index contributed by atoms with van der Waals surface area (Å²) >= 11 is 0. The van der Waals surface area contributed by atoms with Crippen LogP contribution >= 0.6 is 0 Å². The van der Waals surface area contributed by atoms with Crippen LogP contribution in [-0.2, 0) is 11.3 Å². The zero-order valence-electron chi connectivity index (χ0n) is 17.6. The lowest BCUT2D eigenvalue weighted by Gasteiger charge is -2.21. The molecule has 0 unspecified atom stereocenters. The number of likely N-dealkylation sites (N-methyl/N-ethyl adjacent to an activating group) is 1. The molecule has 0 aliphatic heterocycles. The number of fused-ring (bicyclic) bond motifs is 3. The van der Waals surface area contributed by atoms with Crippen LogP contribution in [0.25, 0.3) is 21.8 Å². The Labute approximate surface area is 172 Å². The largest absolute Gasteiger partial charge is 0.390 e. The van der Waals surface area contributed by atoms with E-state index in [4.69, 9.17) is 0 Å². The standard InChI is InChI=1S/C23H32N4O2/c1-4-26(5-2)16-18(28)14-24-15-23(29)25-17-11-12-22-20(13-17)19-9-7-8-10-21(19)27(22)6-3/h7-13,18,24,28H,4-6,14-16H2,1-3H3,(H,25,29)/t18-/m0/s1. The molecule has 0 bridgehead atoms. The Morgan fingerprint density at radius 1 is 1.07 bits per heavy atom. The molecule has 156 valence electrons. The summed E-state index contributed by atoms with van der Waals surface area (Å²) in [4.78, 5) is 14.5. The number of aliphatic hydroxyl groups excluding tert-OH is 1. The normalized spacial score (nSPS) is 12.7. The fourth-order valence-corrected chi connectivity index (χ4v) is 3.87. The zero-order valence-corrected chi connectivity index (χ0v) is 17.6. The highest BCUT2D eigenvalue weighted by Crippen LogP contribution is 2.30. The van der Waals surface area contributed by atoms with Crippen LogP contribution < -0.4 is 10.6 Å². The quantitative estimate of drug-likeness (QED) is 0.493. The van der Waals surface area contributed by atoms with Crippen LogP contribution in [0.2, 0.25) is 0 Å². The molecule has 0 saturated heterocycles. The molecule has 1 atom stereocenters. The average Bonchev–Trinajstić information content (AvgIpc) is 3.05. The van der Waals surface area contributed by atoms with Crippen molar-refractivity contribution < 1.29 is 9.90 Å². The van der Waals surface area contributed by atoms with Gasteiger partial charge < -0.3 is 25.2 Å². The van der Waals surface area contributed by atoms with E-state index >= 15 is 0 Å². The van der Waals surface area contributed by atoms with Crippen LogP contribution in [-0.4, -0.2) is 59.3 Å². The Balaban J connectivity index is 1.61. The number of aliphatic hydroxyl groups is 1. The molecule has 0 fully saturated rings. The lowest BCUT2D eigenvalue weighted by molar-refractivity contribution is -0.115. The summed E-state index contributed by atoms with van der Waals surface area (Å²) in [7, 11) is 0. The first kappa shape index (κ1) is 21.3. The topological polar surface area (TPSA) is 69.5 Å². The third-order valence-corrected chi connectivity index (χ3v) is 5.40. The molecule has 0 spiro atoms. The molecule has 1 amide bonds. The van der Waals surface area contributed by atoms with Gasteiger partial charge >= 0.3 is 0 Å². The van der Waals surface area contributed by atoms with Crippen molar-refractivity contribution in [3.63, 3.8) is 0 Å². The second kappa shape index (κ2) is 9.87. The third-order valence-electron chi connectivity index (χ3n) is 5.40. The highest BCUT2D eigenvalue weighted by atomic mass is 16.3. The molecular formula is C23H32N4O2. The summed E-state index contributed by atoms with van der Waals surface area (Å²) in [6, 6.07) is 14.4. The number of aryl methyl sites for hydroxylation is 1. The first-order valence-corrected chi connectivity index (χ1v) is 10.5. The Hall–Kier alpha value is -2.41. The van der Waals surface area contributed by atoms with Crippen LogP contribution in [0.4, 0.5) is 5.69 Å². The number of nitrogens with one attached hydrogen (secondary N) is 2. The molecule has 3 rings (SSSR count). The number of amides is 1. The molecular weight excluding hydrogens is 364 g/mol. The van der Waals surface area contributed by atoms with Gasteiger partial charge in [-0.3, -0.25) is 4.79 Å². The number of carbonyl (C=O) groups is 1. The molecule has 0 saturated carbocycles. The van der Waals surface area contributed by atoms with Crippen LogP contribution in [0.1, 0.15) is 20.8 Å². The number of rotatable bonds is 10. The number of para-hydroxylation sites is 1. The van der Waals surface area contributed by atoms with Crippen LogP contribution in [0.15, 0.2) is 42.5 Å². The molecule has 1 heterocycles. The fraction of sp³-hybridized carbons (Fsp3) is 0.435. The summed E-state index contributed by atoms with van der Waals surface area (Å²) in [5.41, 5.74) is 3.16. The van der Waals surface area contributed by atoms with Gasteiger partial charge in [0, 0.05) is 47.1 Å². The van der Waals surface area contributed by atoms with Gasteiger partial charge in [-0.15, -0.1) is 0 Å². The summed E-state index contributed by atoms with van der Waals surface area (Å²) in [5, 5.41) is 18.4. The predicted molar refractivity (Wildman–Crippen MR) is 120 cm³/mol. The molecule has 0 aliphatic carbocycles. The lowest BCUT2D eigenvalue weighted by Crippen LogP contribution is -2.40. The highest BCUT2D eigenvalue weighted by molar-refractivity contribution is 6.09. The van der Waals surface area contributed by atoms with E-state index in [2.05, 4.69) is 65.1 Å². The van der Waals surface area contributed by atoms with Gasteiger partial charge in [-0.2, -0.15) is 0 Å². The molecule has 3 N–H and O–H groups in total. The smallest absolute Gasteiger partial charge is 0.238 e. The van der Waals surface area contributed by atoms with Crippen LogP contribution in [0.3, 0.4) is 0 Å². The van der Waals surface area contributed by atoms with E-state index in [-0.39, 0.29) is 12.5 Å². The molecule has 6 heteroatoms. The van der Waals surface area contributed by atoms with Gasteiger partial charge in [0.25, 0.3) is 0 Å². The molecule has 0 aliphatic rings. The van der Waals surface area contributed by atoms with Gasteiger partial charge in [-0.05, 0) is 44.3 Å². The third kappa shape index (κ3) is 4.96. The van der Waals surface area contributed by atoms with Crippen molar-refractivity contribution in [1.82, 2.24) is 14.8 Å². The van der Waals surface area contributed by atoms with Crippen LogP contribution in [0.5, 0.6) is 0 Å². The minimum atomic E-state index is -0.487. The first-order chi connectivity index (χ1) is 14.1. The van der Waals surface area contributed by atoms with E-state index in [0.29, 0.717) is 13.1 Å². The minimum Gasteiger partial charge on any atom is -0.390 e. The minimum absolute atomic E-state index is 0.112. The first-order valence-electron chi connectivity index (χ1n) is 10.5. The van der Waals surface area contributed by atoms with Crippen molar-refractivity contribution in [2.24, 2.45) is 0 Å². The molecule has 2 aromatic carbocycles. The highest BCUT2D eigenvalue weighted by Gasteiger charge is 2.12. The van der Waals surface area contributed by atoms with Gasteiger partial charge in [0.15, 0.2) is 0 Å². The summed E-state index contributed by atoms with van der Waals surface area (Å²) < 4.78 is 2.29. The summed E-state index contributed by atoms with van der Waals surface area (Å²) in [6.07, 6.45) is -0.487. The van der Waals surface area contributed by atoms with Crippen molar-refractivity contribution in [1.29, 1.82) is 0 Å².